The van der Waals surface area contributed by atoms with Crippen LogP contribution in [0.1, 0.15) is 44.8 Å². The Morgan fingerprint density at radius 3 is 2.53 bits per heavy atom. The molecule has 17 heavy (non-hydrogen) atoms. The molecule has 0 aromatic heterocycles. The molecule has 0 aliphatic carbocycles. The van der Waals surface area contributed by atoms with Crippen LogP contribution >= 0.6 is 0 Å². The standard InChI is InChI=1S/C14H22O3/c1-4-6-12(15)11-7-8-13(16-3)14(10-11)17-9-5-2/h7-8,10,12,15H,4-6,9H2,1-3H3. The lowest BCUT2D eigenvalue weighted by Crippen LogP contribution is -2.01. The second-order valence-electron chi connectivity index (χ2n) is 4.06. The van der Waals surface area contributed by atoms with Crippen LogP contribution in [0.25, 0.3) is 0 Å². The Kier molecular flexibility index (Phi) is 5.84. The van der Waals surface area contributed by atoms with Crippen molar-refractivity contribution < 1.29 is 14.6 Å². The van der Waals surface area contributed by atoms with Gasteiger partial charge in [-0.15, -0.1) is 0 Å². The van der Waals surface area contributed by atoms with Gasteiger partial charge in [0.25, 0.3) is 0 Å². The first-order valence-corrected chi connectivity index (χ1v) is 6.21. The third-order valence-corrected chi connectivity index (χ3v) is 2.60. The van der Waals surface area contributed by atoms with Crippen LogP contribution in [0.3, 0.4) is 0 Å². The topological polar surface area (TPSA) is 38.7 Å². The Morgan fingerprint density at radius 2 is 1.94 bits per heavy atom. The molecule has 96 valence electrons. The van der Waals surface area contributed by atoms with Crippen molar-refractivity contribution in [3.05, 3.63) is 23.8 Å². The Bertz CT molecular complexity index is 336. The molecule has 1 aromatic rings. The monoisotopic (exact) mass is 238 g/mol. The number of ether oxygens (including phenoxy) is 2. The molecule has 1 aromatic carbocycles. The summed E-state index contributed by atoms with van der Waals surface area (Å²) in [5, 5.41) is 9.94. The first kappa shape index (κ1) is 13.8. The first-order valence-electron chi connectivity index (χ1n) is 6.21. The minimum Gasteiger partial charge on any atom is -0.493 e. The number of aliphatic hydroxyl groups is 1. The van der Waals surface area contributed by atoms with Gasteiger partial charge < -0.3 is 14.6 Å². The molecule has 0 radical (unpaired) electrons. The lowest BCUT2D eigenvalue weighted by atomic mass is 10.0. The Hall–Kier alpha value is -1.22. The second-order valence-corrected chi connectivity index (χ2v) is 4.06. The van der Waals surface area contributed by atoms with Crippen molar-refractivity contribution in [1.82, 2.24) is 0 Å². The van der Waals surface area contributed by atoms with E-state index < -0.39 is 6.10 Å². The molecule has 1 N–H and O–H groups in total. The third kappa shape index (κ3) is 3.93. The van der Waals surface area contributed by atoms with E-state index in [2.05, 4.69) is 13.8 Å². The molecule has 0 bridgehead atoms. The van der Waals surface area contributed by atoms with Crippen LogP contribution in [0.4, 0.5) is 0 Å². The molecule has 1 unspecified atom stereocenters. The highest BCUT2D eigenvalue weighted by molar-refractivity contribution is 5.43. The summed E-state index contributed by atoms with van der Waals surface area (Å²) in [6, 6.07) is 5.60. The van der Waals surface area contributed by atoms with Gasteiger partial charge in [0.05, 0.1) is 19.8 Å². The summed E-state index contributed by atoms with van der Waals surface area (Å²) in [7, 11) is 1.62. The van der Waals surface area contributed by atoms with Gasteiger partial charge in [0.1, 0.15) is 0 Å². The quantitative estimate of drug-likeness (QED) is 0.792. The molecule has 0 saturated heterocycles. The maximum atomic E-state index is 9.94. The van der Waals surface area contributed by atoms with Crippen molar-refractivity contribution in [2.24, 2.45) is 0 Å². The second kappa shape index (κ2) is 7.17. The van der Waals surface area contributed by atoms with Crippen molar-refractivity contribution in [2.45, 2.75) is 39.2 Å². The van der Waals surface area contributed by atoms with Crippen molar-refractivity contribution in [1.29, 1.82) is 0 Å². The summed E-state index contributed by atoms with van der Waals surface area (Å²) in [6.07, 6.45) is 2.25. The number of methoxy groups -OCH3 is 1. The number of hydrogen-bond acceptors (Lipinski definition) is 3. The highest BCUT2D eigenvalue weighted by Gasteiger charge is 2.11. The van der Waals surface area contributed by atoms with Crippen molar-refractivity contribution >= 4 is 0 Å². The molecular weight excluding hydrogens is 216 g/mol. The molecule has 0 fully saturated rings. The van der Waals surface area contributed by atoms with Gasteiger partial charge in [0.2, 0.25) is 0 Å². The Morgan fingerprint density at radius 1 is 1.18 bits per heavy atom. The van der Waals surface area contributed by atoms with Crippen LogP contribution in [0.15, 0.2) is 18.2 Å². The normalized spacial score (nSPS) is 12.2. The lowest BCUT2D eigenvalue weighted by Gasteiger charge is -2.14. The van der Waals surface area contributed by atoms with E-state index in [0.717, 1.165) is 24.8 Å². The summed E-state index contributed by atoms with van der Waals surface area (Å²) in [4.78, 5) is 0. The Balaban J connectivity index is 2.87. The van der Waals surface area contributed by atoms with Gasteiger partial charge >= 0.3 is 0 Å². The number of benzene rings is 1. The van der Waals surface area contributed by atoms with E-state index in [1.54, 1.807) is 7.11 Å². The molecule has 0 aliphatic rings. The molecule has 0 saturated carbocycles. The average Bonchev–Trinajstić information content (AvgIpc) is 2.36. The zero-order valence-electron chi connectivity index (χ0n) is 10.9. The van der Waals surface area contributed by atoms with Crippen molar-refractivity contribution in [3.63, 3.8) is 0 Å². The highest BCUT2D eigenvalue weighted by atomic mass is 16.5. The fourth-order valence-electron chi connectivity index (χ4n) is 1.67. The molecule has 0 spiro atoms. The van der Waals surface area contributed by atoms with Crippen LogP contribution in [-0.4, -0.2) is 18.8 Å². The van der Waals surface area contributed by atoms with Crippen LogP contribution in [0.2, 0.25) is 0 Å². The smallest absolute Gasteiger partial charge is 0.161 e. The number of rotatable bonds is 7. The van der Waals surface area contributed by atoms with Gasteiger partial charge in [-0.25, -0.2) is 0 Å². The predicted molar refractivity (Wildman–Crippen MR) is 68.6 cm³/mol. The van der Waals surface area contributed by atoms with Gasteiger partial charge in [0.15, 0.2) is 11.5 Å². The summed E-state index contributed by atoms with van der Waals surface area (Å²) in [6.45, 7) is 4.77. The summed E-state index contributed by atoms with van der Waals surface area (Å²) in [5.41, 5.74) is 0.888. The van der Waals surface area contributed by atoms with Crippen molar-refractivity contribution in [3.8, 4) is 11.5 Å². The SMILES string of the molecule is CCCOc1cc(C(O)CCC)ccc1OC. The zero-order chi connectivity index (χ0) is 12.7. The number of hydrogen-bond donors (Lipinski definition) is 1. The van der Waals surface area contributed by atoms with Gasteiger partial charge in [-0.2, -0.15) is 0 Å². The summed E-state index contributed by atoms with van der Waals surface area (Å²) in [5.74, 6) is 1.42. The molecule has 1 rings (SSSR count). The lowest BCUT2D eigenvalue weighted by molar-refractivity contribution is 0.165. The third-order valence-electron chi connectivity index (χ3n) is 2.60. The summed E-state index contributed by atoms with van der Waals surface area (Å²) >= 11 is 0. The highest BCUT2D eigenvalue weighted by Crippen LogP contribution is 2.31. The fourth-order valence-corrected chi connectivity index (χ4v) is 1.67. The van der Waals surface area contributed by atoms with E-state index in [-0.39, 0.29) is 0 Å². The Labute approximate surface area is 103 Å². The molecule has 1 atom stereocenters. The minimum atomic E-state index is -0.421. The maximum absolute atomic E-state index is 9.94. The van der Waals surface area contributed by atoms with E-state index in [0.29, 0.717) is 18.1 Å². The predicted octanol–water partition coefficient (Wildman–Crippen LogP) is 3.32. The van der Waals surface area contributed by atoms with Gasteiger partial charge in [0, 0.05) is 0 Å². The van der Waals surface area contributed by atoms with Crippen LogP contribution in [-0.2, 0) is 0 Å². The van der Waals surface area contributed by atoms with Crippen LogP contribution in [0.5, 0.6) is 11.5 Å². The fraction of sp³-hybridized carbons (Fsp3) is 0.571. The molecule has 3 nitrogen and oxygen atoms in total. The van der Waals surface area contributed by atoms with Gasteiger partial charge in [-0.3, -0.25) is 0 Å². The first-order chi connectivity index (χ1) is 8.22. The molecule has 0 amide bonds. The van der Waals surface area contributed by atoms with Crippen LogP contribution < -0.4 is 9.47 Å². The van der Waals surface area contributed by atoms with E-state index >= 15 is 0 Å². The molecule has 3 heteroatoms. The van der Waals surface area contributed by atoms with E-state index in [1.807, 2.05) is 18.2 Å². The van der Waals surface area contributed by atoms with Gasteiger partial charge in [-0.1, -0.05) is 26.3 Å². The van der Waals surface area contributed by atoms with Gasteiger partial charge in [-0.05, 0) is 30.5 Å². The minimum absolute atomic E-state index is 0.421. The number of aliphatic hydroxyl groups excluding tert-OH is 1. The molecular formula is C14H22O3. The zero-order valence-corrected chi connectivity index (χ0v) is 10.9. The van der Waals surface area contributed by atoms with Crippen LogP contribution in [0, 0.1) is 0 Å². The van der Waals surface area contributed by atoms with E-state index in [1.165, 1.54) is 0 Å². The van der Waals surface area contributed by atoms with E-state index in [9.17, 15) is 5.11 Å². The molecule has 0 aliphatic heterocycles. The van der Waals surface area contributed by atoms with E-state index in [4.69, 9.17) is 9.47 Å². The molecule has 0 heterocycles. The summed E-state index contributed by atoms with van der Waals surface area (Å²) < 4.78 is 10.8. The maximum Gasteiger partial charge on any atom is 0.161 e. The van der Waals surface area contributed by atoms with Crippen molar-refractivity contribution in [2.75, 3.05) is 13.7 Å². The average molecular weight is 238 g/mol. The largest absolute Gasteiger partial charge is 0.493 e.